The first-order valence-corrected chi connectivity index (χ1v) is 5.91. The summed E-state index contributed by atoms with van der Waals surface area (Å²) in [5.41, 5.74) is 1.41. The third-order valence-corrected chi connectivity index (χ3v) is 2.96. The van der Waals surface area contributed by atoms with Gasteiger partial charge in [0.15, 0.2) is 12.1 Å². The number of hydrogen-bond donors (Lipinski definition) is 1. The molecule has 98 valence electrons. The van der Waals surface area contributed by atoms with E-state index in [1.165, 1.54) is 7.05 Å². The molecule has 0 aliphatic rings. The van der Waals surface area contributed by atoms with Crippen LogP contribution in [0.2, 0.25) is 0 Å². The van der Waals surface area contributed by atoms with Gasteiger partial charge in [-0.25, -0.2) is 0 Å². The highest BCUT2D eigenvalue weighted by Crippen LogP contribution is 2.19. The predicted molar refractivity (Wildman–Crippen MR) is 71.0 cm³/mol. The van der Waals surface area contributed by atoms with Gasteiger partial charge in [0, 0.05) is 29.7 Å². The zero-order valence-corrected chi connectivity index (χ0v) is 10.6. The molecule has 0 spiro atoms. The van der Waals surface area contributed by atoms with Crippen molar-refractivity contribution in [1.82, 2.24) is 9.88 Å². The number of benzene rings is 1. The van der Waals surface area contributed by atoms with Crippen LogP contribution in [0, 0.1) is 0 Å². The summed E-state index contributed by atoms with van der Waals surface area (Å²) < 4.78 is 1.74. The molecule has 0 saturated carbocycles. The minimum absolute atomic E-state index is 0.124. The first kappa shape index (κ1) is 13.0. The van der Waals surface area contributed by atoms with Crippen molar-refractivity contribution in [2.45, 2.75) is 13.0 Å². The number of aldehydes is 1. The maximum absolute atomic E-state index is 11.7. The van der Waals surface area contributed by atoms with Gasteiger partial charge in [0.2, 0.25) is 5.91 Å². The van der Waals surface area contributed by atoms with Crippen LogP contribution in [0.15, 0.2) is 30.5 Å². The van der Waals surface area contributed by atoms with Crippen LogP contribution in [-0.2, 0) is 16.1 Å². The van der Waals surface area contributed by atoms with Crippen LogP contribution in [0.4, 0.5) is 0 Å². The average molecular weight is 258 g/mol. The number of aromatic nitrogens is 1. The second-order valence-electron chi connectivity index (χ2n) is 4.23. The molecule has 19 heavy (non-hydrogen) atoms. The van der Waals surface area contributed by atoms with Crippen molar-refractivity contribution < 1.29 is 14.4 Å². The maximum Gasteiger partial charge on any atom is 0.227 e. The largest absolute Gasteiger partial charge is 0.359 e. The highest BCUT2D eigenvalue weighted by atomic mass is 16.2. The molecule has 1 amide bonds. The number of nitrogens with zero attached hydrogens (tertiary/aromatic N) is 1. The molecule has 0 atom stereocenters. The van der Waals surface area contributed by atoms with Crippen LogP contribution in [0.3, 0.4) is 0 Å². The topological polar surface area (TPSA) is 68.2 Å². The summed E-state index contributed by atoms with van der Waals surface area (Å²) in [5.74, 6) is -0.469. The summed E-state index contributed by atoms with van der Waals surface area (Å²) in [4.78, 5) is 33.8. The normalized spacial score (nSPS) is 10.4. The molecule has 2 rings (SSSR count). The van der Waals surface area contributed by atoms with Gasteiger partial charge >= 0.3 is 0 Å². The Morgan fingerprint density at radius 2 is 2.11 bits per heavy atom. The number of rotatable bonds is 5. The molecule has 0 saturated heterocycles. The van der Waals surface area contributed by atoms with Crippen LogP contribution < -0.4 is 5.32 Å². The standard InChI is InChI=1S/C14H14N2O3/c1-15-14(19)7-11(18)8-16-6-5-12-10(9-17)3-2-4-13(12)16/h2-6,9H,7-8H2,1H3,(H,15,19). The van der Waals surface area contributed by atoms with Crippen LogP contribution in [0.25, 0.3) is 10.9 Å². The van der Waals surface area contributed by atoms with Crippen molar-refractivity contribution in [3.63, 3.8) is 0 Å². The molecule has 0 radical (unpaired) electrons. The maximum atomic E-state index is 11.7. The average Bonchev–Trinajstić information content (AvgIpc) is 2.81. The summed E-state index contributed by atoms with van der Waals surface area (Å²) in [6.07, 6.45) is 2.40. The molecule has 0 aliphatic heterocycles. The van der Waals surface area contributed by atoms with Gasteiger partial charge in [0.05, 0.1) is 13.0 Å². The first-order chi connectivity index (χ1) is 9.15. The molecular weight excluding hydrogens is 244 g/mol. The fourth-order valence-electron chi connectivity index (χ4n) is 2.00. The lowest BCUT2D eigenvalue weighted by molar-refractivity contribution is -0.128. The SMILES string of the molecule is CNC(=O)CC(=O)Cn1ccc2c(C=O)cccc21. The van der Waals surface area contributed by atoms with E-state index in [4.69, 9.17) is 0 Å². The summed E-state index contributed by atoms with van der Waals surface area (Å²) in [5, 5.41) is 3.23. The van der Waals surface area contributed by atoms with E-state index >= 15 is 0 Å². The van der Waals surface area contributed by atoms with E-state index < -0.39 is 0 Å². The summed E-state index contributed by atoms with van der Waals surface area (Å²) >= 11 is 0. The molecule has 0 fully saturated rings. The van der Waals surface area contributed by atoms with Gasteiger partial charge < -0.3 is 9.88 Å². The fourth-order valence-corrected chi connectivity index (χ4v) is 2.00. The van der Waals surface area contributed by atoms with Gasteiger partial charge in [0.25, 0.3) is 0 Å². The summed E-state index contributed by atoms with van der Waals surface area (Å²) in [7, 11) is 1.50. The monoisotopic (exact) mass is 258 g/mol. The van der Waals surface area contributed by atoms with Crippen molar-refractivity contribution >= 4 is 28.9 Å². The molecule has 5 heteroatoms. The van der Waals surface area contributed by atoms with Crippen molar-refractivity contribution in [1.29, 1.82) is 0 Å². The minimum Gasteiger partial charge on any atom is -0.359 e. The predicted octanol–water partition coefficient (Wildman–Crippen LogP) is 1.16. The molecule has 1 aromatic carbocycles. The van der Waals surface area contributed by atoms with Crippen LogP contribution in [0.1, 0.15) is 16.8 Å². The van der Waals surface area contributed by atoms with E-state index in [0.717, 1.165) is 17.2 Å². The molecule has 5 nitrogen and oxygen atoms in total. The lowest BCUT2D eigenvalue weighted by Crippen LogP contribution is -2.23. The second kappa shape index (κ2) is 5.48. The summed E-state index contributed by atoms with van der Waals surface area (Å²) in [6.45, 7) is 0.124. The Kier molecular flexibility index (Phi) is 3.75. The first-order valence-electron chi connectivity index (χ1n) is 5.91. The highest BCUT2D eigenvalue weighted by Gasteiger charge is 2.11. The smallest absolute Gasteiger partial charge is 0.227 e. The van der Waals surface area contributed by atoms with Gasteiger partial charge in [-0.3, -0.25) is 14.4 Å². The van der Waals surface area contributed by atoms with Crippen LogP contribution in [0.5, 0.6) is 0 Å². The molecule has 2 aromatic rings. The number of Topliss-reactive ketones (excluding diaryl/α,β-unsaturated/α-hetero) is 1. The fraction of sp³-hybridized carbons (Fsp3) is 0.214. The van der Waals surface area contributed by atoms with Crippen molar-refractivity contribution in [2.75, 3.05) is 7.05 Å². The molecule has 1 N–H and O–H groups in total. The van der Waals surface area contributed by atoms with Gasteiger partial charge in [-0.05, 0) is 12.1 Å². The van der Waals surface area contributed by atoms with E-state index in [9.17, 15) is 14.4 Å². The number of carbonyl (C=O) groups is 3. The molecule has 0 aliphatic carbocycles. The lowest BCUT2D eigenvalue weighted by Gasteiger charge is -2.05. The Morgan fingerprint density at radius 1 is 1.32 bits per heavy atom. The number of amides is 1. The zero-order chi connectivity index (χ0) is 13.8. The van der Waals surface area contributed by atoms with E-state index in [-0.39, 0.29) is 24.7 Å². The Bertz CT molecular complexity index is 643. The van der Waals surface area contributed by atoms with Crippen LogP contribution in [-0.4, -0.2) is 29.6 Å². The van der Waals surface area contributed by atoms with Crippen molar-refractivity contribution in [3.05, 3.63) is 36.0 Å². The highest BCUT2D eigenvalue weighted by molar-refractivity contribution is 6.00. The van der Waals surface area contributed by atoms with E-state index in [1.807, 2.05) is 6.07 Å². The van der Waals surface area contributed by atoms with Gasteiger partial charge in [-0.1, -0.05) is 12.1 Å². The number of hydrogen-bond acceptors (Lipinski definition) is 3. The number of fused-ring (bicyclic) bond motifs is 1. The second-order valence-corrected chi connectivity index (χ2v) is 4.23. The van der Waals surface area contributed by atoms with Crippen molar-refractivity contribution in [3.8, 4) is 0 Å². The minimum atomic E-state index is -0.296. The Hall–Kier alpha value is -2.43. The van der Waals surface area contributed by atoms with E-state index in [2.05, 4.69) is 5.32 Å². The van der Waals surface area contributed by atoms with Gasteiger partial charge in [0.1, 0.15) is 0 Å². The third kappa shape index (κ3) is 2.70. The molecule has 1 heterocycles. The van der Waals surface area contributed by atoms with Gasteiger partial charge in [-0.15, -0.1) is 0 Å². The Labute approximate surface area is 110 Å². The summed E-state index contributed by atoms with van der Waals surface area (Å²) in [6, 6.07) is 7.14. The Morgan fingerprint density at radius 3 is 2.79 bits per heavy atom. The quantitative estimate of drug-likeness (QED) is 0.646. The van der Waals surface area contributed by atoms with E-state index in [1.54, 1.807) is 29.0 Å². The van der Waals surface area contributed by atoms with Gasteiger partial charge in [-0.2, -0.15) is 0 Å². The Balaban J connectivity index is 2.24. The number of ketones is 1. The number of carbonyl (C=O) groups excluding carboxylic acids is 3. The van der Waals surface area contributed by atoms with Crippen LogP contribution >= 0.6 is 0 Å². The lowest BCUT2D eigenvalue weighted by atomic mass is 10.1. The zero-order valence-electron chi connectivity index (χ0n) is 10.6. The third-order valence-electron chi connectivity index (χ3n) is 2.96. The number of nitrogens with one attached hydrogen (secondary N) is 1. The molecule has 0 unspecified atom stereocenters. The molecular formula is C14H14N2O3. The van der Waals surface area contributed by atoms with E-state index in [0.29, 0.717) is 5.56 Å². The molecule has 1 aromatic heterocycles. The molecule has 0 bridgehead atoms. The van der Waals surface area contributed by atoms with Crippen molar-refractivity contribution in [2.24, 2.45) is 0 Å².